The van der Waals surface area contributed by atoms with Crippen LogP contribution in [-0.2, 0) is 12.0 Å². The largest absolute Gasteiger partial charge is 0.424 e. The lowest BCUT2D eigenvalue weighted by molar-refractivity contribution is -0.301. The van der Waals surface area contributed by atoms with Crippen LogP contribution in [0, 0.1) is 12.7 Å². The number of nitrogens with one attached hydrogen (secondary N) is 1. The Bertz CT molecular complexity index is 1350. The highest BCUT2D eigenvalue weighted by molar-refractivity contribution is 6.30. The molecule has 4 aromatic rings. The second kappa shape index (κ2) is 11.8. The number of halogens is 5. The molecule has 4 rings (SSSR count). The number of aliphatic hydroxyl groups excluding tert-OH is 1. The Balaban J connectivity index is 1.85. The molecule has 3 aromatic carbocycles. The van der Waals surface area contributed by atoms with E-state index in [0.717, 1.165) is 12.1 Å². The van der Waals surface area contributed by atoms with Crippen molar-refractivity contribution in [2.45, 2.75) is 43.3 Å². The number of aryl methyl sites for hydroxylation is 1. The number of hydrogen-bond acceptors (Lipinski definition) is 4. The minimum atomic E-state index is -5.23. The number of rotatable bonds is 9. The van der Waals surface area contributed by atoms with Gasteiger partial charge in [0, 0.05) is 12.2 Å². The van der Waals surface area contributed by atoms with Gasteiger partial charge in [-0.2, -0.15) is 13.2 Å². The van der Waals surface area contributed by atoms with Gasteiger partial charge in [-0.05, 0) is 59.9 Å². The molecule has 0 aliphatic rings. The topological polar surface area (TPSA) is 65.4 Å². The number of alkyl halides is 3. The number of pyridine rings is 1. The molecule has 4 nitrogen and oxygen atoms in total. The van der Waals surface area contributed by atoms with E-state index in [1.807, 2.05) is 0 Å². The molecule has 0 spiro atoms. The predicted molar refractivity (Wildman–Crippen MR) is 142 cm³/mol. The molecule has 3 N–H and O–H groups in total. The zero-order chi connectivity index (χ0) is 28.2. The van der Waals surface area contributed by atoms with Crippen molar-refractivity contribution in [3.63, 3.8) is 0 Å². The van der Waals surface area contributed by atoms with Gasteiger partial charge in [0.15, 0.2) is 0 Å². The summed E-state index contributed by atoms with van der Waals surface area (Å²) in [6.45, 7) is 1.69. The fraction of sp³-hybridized carbons (Fsp3) is 0.233. The molecule has 0 aliphatic heterocycles. The van der Waals surface area contributed by atoms with Crippen molar-refractivity contribution in [3.8, 4) is 0 Å². The minimum Gasteiger partial charge on any atom is -0.388 e. The summed E-state index contributed by atoms with van der Waals surface area (Å²) < 4.78 is 58.1. The number of aromatic nitrogens is 1. The molecule has 9 heteroatoms. The van der Waals surface area contributed by atoms with Crippen LogP contribution < -0.4 is 5.32 Å². The Kier molecular flexibility index (Phi) is 8.71. The summed E-state index contributed by atoms with van der Waals surface area (Å²) in [5, 5.41) is 26.0. The number of aliphatic hydroxyl groups is 2. The fourth-order valence-corrected chi connectivity index (χ4v) is 4.78. The van der Waals surface area contributed by atoms with Crippen LogP contribution in [0.15, 0.2) is 97.2 Å². The van der Waals surface area contributed by atoms with Gasteiger partial charge in [-0.15, -0.1) is 0 Å². The highest BCUT2D eigenvalue weighted by Gasteiger charge is 2.61. The molecule has 4 unspecified atom stereocenters. The Morgan fingerprint density at radius 1 is 0.923 bits per heavy atom. The average molecular weight is 559 g/mol. The first-order valence-corrected chi connectivity index (χ1v) is 12.6. The van der Waals surface area contributed by atoms with E-state index >= 15 is 0 Å². The monoisotopic (exact) mass is 558 g/mol. The lowest BCUT2D eigenvalue weighted by atomic mass is 9.81. The van der Waals surface area contributed by atoms with Crippen molar-refractivity contribution in [2.24, 2.45) is 0 Å². The zero-order valence-corrected chi connectivity index (χ0v) is 21.7. The van der Waals surface area contributed by atoms with Crippen molar-refractivity contribution in [1.29, 1.82) is 0 Å². The summed E-state index contributed by atoms with van der Waals surface area (Å²) in [6.07, 6.45) is -6.32. The summed E-state index contributed by atoms with van der Waals surface area (Å²) >= 11 is 6.01. The van der Waals surface area contributed by atoms with E-state index in [4.69, 9.17) is 11.6 Å². The highest BCUT2D eigenvalue weighted by Crippen LogP contribution is 2.43. The third-order valence-corrected chi connectivity index (χ3v) is 6.80. The van der Waals surface area contributed by atoms with Gasteiger partial charge < -0.3 is 10.2 Å². The first-order chi connectivity index (χ1) is 18.5. The standard InChI is InChI=1S/C30H27ClF4N2O2/c1-19-14-21(17-24(32)15-19)27(25-13-12-23(31)18-36-25)37-26(16-20-8-4-2-5-9-20)28(38)29(39,30(33,34)35)22-10-6-3-7-11-22/h2-15,17-18,26-28,37-39H,16H2,1H3. The Hall–Kier alpha value is -3.30. The maximum Gasteiger partial charge on any atom is 0.424 e. The van der Waals surface area contributed by atoms with Crippen LogP contribution in [0.1, 0.15) is 34.0 Å². The van der Waals surface area contributed by atoms with Crippen LogP contribution in [0.3, 0.4) is 0 Å². The maximum atomic E-state index is 14.6. The smallest absolute Gasteiger partial charge is 0.388 e. The lowest BCUT2D eigenvalue weighted by Gasteiger charge is -2.40. The molecule has 0 bridgehead atoms. The molecule has 0 fully saturated rings. The van der Waals surface area contributed by atoms with Gasteiger partial charge in [0.25, 0.3) is 0 Å². The fourth-order valence-electron chi connectivity index (χ4n) is 4.67. The highest BCUT2D eigenvalue weighted by atomic mass is 35.5. The van der Waals surface area contributed by atoms with Crippen molar-refractivity contribution >= 4 is 11.6 Å². The van der Waals surface area contributed by atoms with Crippen molar-refractivity contribution in [3.05, 3.63) is 136 Å². The lowest BCUT2D eigenvalue weighted by Crippen LogP contribution is -2.60. The Morgan fingerprint density at radius 3 is 2.13 bits per heavy atom. The third-order valence-electron chi connectivity index (χ3n) is 6.58. The molecule has 4 atom stereocenters. The average Bonchev–Trinajstić information content (AvgIpc) is 2.90. The van der Waals surface area contributed by atoms with Crippen LogP contribution in [0.4, 0.5) is 17.6 Å². The maximum absolute atomic E-state index is 14.6. The molecular formula is C30H27ClF4N2O2. The molecule has 204 valence electrons. The molecule has 0 saturated carbocycles. The first-order valence-electron chi connectivity index (χ1n) is 12.2. The first kappa shape index (κ1) is 28.7. The summed E-state index contributed by atoms with van der Waals surface area (Å²) in [5.41, 5.74) is -2.21. The number of benzene rings is 3. The van der Waals surface area contributed by atoms with Crippen LogP contribution in [0.5, 0.6) is 0 Å². The Morgan fingerprint density at radius 2 is 1.56 bits per heavy atom. The summed E-state index contributed by atoms with van der Waals surface area (Å²) in [6, 6.07) is 20.1. The Labute approximate surface area is 228 Å². The summed E-state index contributed by atoms with van der Waals surface area (Å²) in [7, 11) is 0. The molecule has 0 radical (unpaired) electrons. The quantitative estimate of drug-likeness (QED) is 0.211. The van der Waals surface area contributed by atoms with Gasteiger partial charge >= 0.3 is 6.18 Å². The number of nitrogens with zero attached hydrogens (tertiary/aromatic N) is 1. The van der Waals surface area contributed by atoms with E-state index in [1.165, 1.54) is 36.5 Å². The van der Waals surface area contributed by atoms with E-state index in [1.54, 1.807) is 55.5 Å². The van der Waals surface area contributed by atoms with E-state index in [9.17, 15) is 27.8 Å². The molecule has 0 aliphatic carbocycles. The SMILES string of the molecule is Cc1cc(F)cc(C(NC(Cc2ccccc2)C(O)C(O)(c2ccccc2)C(F)(F)F)c2ccc(Cl)cn2)c1. The molecule has 1 aromatic heterocycles. The molecule has 0 amide bonds. The van der Waals surface area contributed by atoms with Gasteiger partial charge in [0.2, 0.25) is 5.60 Å². The van der Waals surface area contributed by atoms with Crippen LogP contribution in [0.2, 0.25) is 5.02 Å². The van der Waals surface area contributed by atoms with Crippen LogP contribution >= 0.6 is 11.6 Å². The summed E-state index contributed by atoms with van der Waals surface area (Å²) in [4.78, 5) is 4.32. The molecular weight excluding hydrogens is 532 g/mol. The zero-order valence-electron chi connectivity index (χ0n) is 20.9. The van der Waals surface area contributed by atoms with Gasteiger partial charge in [-0.3, -0.25) is 10.3 Å². The van der Waals surface area contributed by atoms with E-state index < -0.39 is 41.3 Å². The molecule has 39 heavy (non-hydrogen) atoms. The van der Waals surface area contributed by atoms with Gasteiger partial charge in [-0.25, -0.2) is 4.39 Å². The van der Waals surface area contributed by atoms with Gasteiger partial charge in [-0.1, -0.05) is 78.3 Å². The van der Waals surface area contributed by atoms with Crippen LogP contribution in [0.25, 0.3) is 0 Å². The van der Waals surface area contributed by atoms with E-state index in [0.29, 0.717) is 27.4 Å². The summed E-state index contributed by atoms with van der Waals surface area (Å²) in [5.74, 6) is -0.540. The second-order valence-corrected chi connectivity index (χ2v) is 9.87. The normalized spacial score (nSPS) is 15.8. The van der Waals surface area contributed by atoms with Gasteiger partial charge in [0.1, 0.15) is 11.9 Å². The van der Waals surface area contributed by atoms with Crippen molar-refractivity contribution < 1.29 is 27.8 Å². The predicted octanol–water partition coefficient (Wildman–Crippen LogP) is 6.28. The van der Waals surface area contributed by atoms with Crippen molar-refractivity contribution in [1.82, 2.24) is 10.3 Å². The van der Waals surface area contributed by atoms with E-state index in [2.05, 4.69) is 10.3 Å². The number of hydrogen-bond donors (Lipinski definition) is 3. The second-order valence-electron chi connectivity index (χ2n) is 9.43. The van der Waals surface area contributed by atoms with E-state index in [-0.39, 0.29) is 6.42 Å². The van der Waals surface area contributed by atoms with Gasteiger partial charge in [0.05, 0.1) is 16.8 Å². The van der Waals surface area contributed by atoms with Crippen LogP contribution in [-0.4, -0.2) is 33.5 Å². The molecule has 0 saturated heterocycles. The minimum absolute atomic E-state index is 0.0916. The third kappa shape index (κ3) is 6.47. The van der Waals surface area contributed by atoms with Crippen molar-refractivity contribution in [2.75, 3.05) is 0 Å². The molecule has 1 heterocycles.